The van der Waals surface area contributed by atoms with Gasteiger partial charge in [-0.2, -0.15) is 0 Å². The van der Waals surface area contributed by atoms with Gasteiger partial charge in [0, 0.05) is 0 Å². The molecule has 132 valence electrons. The van der Waals surface area contributed by atoms with Crippen molar-refractivity contribution in [1.82, 2.24) is 0 Å². The lowest BCUT2D eigenvalue weighted by Gasteiger charge is -2.42. The Morgan fingerprint density at radius 2 is 1.96 bits per heavy atom. The summed E-state index contributed by atoms with van der Waals surface area (Å²) in [5, 5.41) is 22.3. The summed E-state index contributed by atoms with van der Waals surface area (Å²) in [6, 6.07) is 0. The monoisotopic (exact) mass is 322 g/mol. The molecule has 6 atom stereocenters. The van der Waals surface area contributed by atoms with Gasteiger partial charge >= 0.3 is 0 Å². The Hall–Kier alpha value is -0.380. The van der Waals surface area contributed by atoms with Gasteiger partial charge in [-0.05, 0) is 69.6 Å². The lowest BCUT2D eigenvalue weighted by Crippen LogP contribution is -2.46. The summed E-state index contributed by atoms with van der Waals surface area (Å²) < 4.78 is 5.89. The standard InChI is InChI=1S/C20H34O3/c1-13(2)20(22)11-10-18(4)9-8-14(3)6-7-17-19(5,23-17)16(21)12-15(18)20/h8,13,15-17,21-22H,6-7,9-12H2,1-5H3/b14-8+/t15-,16-,17+,18+,19+,20-/m1/s1. The summed E-state index contributed by atoms with van der Waals surface area (Å²) in [6.45, 7) is 10.8. The number of fused-ring (bicyclic) bond motifs is 2. The first kappa shape index (κ1) is 17.4. The average Bonchev–Trinajstić information content (AvgIpc) is 3.09. The second-order valence-corrected chi connectivity index (χ2v) is 9.19. The normalized spacial score (nSPS) is 53.0. The maximum atomic E-state index is 11.4. The van der Waals surface area contributed by atoms with Crippen molar-refractivity contribution in [3.05, 3.63) is 11.6 Å². The van der Waals surface area contributed by atoms with Crippen molar-refractivity contribution in [2.24, 2.45) is 17.3 Å². The molecule has 1 aliphatic heterocycles. The zero-order valence-corrected chi connectivity index (χ0v) is 15.4. The Morgan fingerprint density at radius 3 is 2.61 bits per heavy atom. The smallest absolute Gasteiger partial charge is 0.118 e. The van der Waals surface area contributed by atoms with Crippen molar-refractivity contribution in [2.75, 3.05) is 0 Å². The number of rotatable bonds is 1. The molecule has 0 aromatic rings. The Kier molecular flexibility index (Phi) is 4.23. The second-order valence-electron chi connectivity index (χ2n) is 9.19. The van der Waals surface area contributed by atoms with Crippen molar-refractivity contribution < 1.29 is 14.9 Å². The molecule has 3 aliphatic rings. The fourth-order valence-corrected chi connectivity index (χ4v) is 5.10. The van der Waals surface area contributed by atoms with Crippen molar-refractivity contribution in [3.63, 3.8) is 0 Å². The highest BCUT2D eigenvalue weighted by atomic mass is 16.6. The van der Waals surface area contributed by atoms with Crippen molar-refractivity contribution in [2.45, 2.75) is 96.6 Å². The van der Waals surface area contributed by atoms with Crippen LogP contribution in [0.5, 0.6) is 0 Å². The van der Waals surface area contributed by atoms with E-state index in [1.807, 2.05) is 6.92 Å². The third kappa shape index (κ3) is 2.79. The highest BCUT2D eigenvalue weighted by Gasteiger charge is 2.61. The minimum absolute atomic E-state index is 0.0619. The number of allylic oxidation sites excluding steroid dienone is 2. The van der Waals surface area contributed by atoms with Crippen LogP contribution in [0.25, 0.3) is 0 Å². The van der Waals surface area contributed by atoms with E-state index in [0.717, 1.165) is 32.1 Å². The topological polar surface area (TPSA) is 53.0 Å². The third-order valence-electron chi connectivity index (χ3n) is 7.36. The molecule has 1 saturated carbocycles. The number of hydrogen-bond donors (Lipinski definition) is 2. The molecular weight excluding hydrogens is 288 g/mol. The highest BCUT2D eigenvalue weighted by Crippen LogP contribution is 2.58. The van der Waals surface area contributed by atoms with Gasteiger partial charge in [0.15, 0.2) is 0 Å². The zero-order chi connectivity index (χ0) is 17.0. The van der Waals surface area contributed by atoms with Crippen LogP contribution in [0, 0.1) is 17.3 Å². The summed E-state index contributed by atoms with van der Waals surface area (Å²) >= 11 is 0. The molecule has 0 amide bonds. The van der Waals surface area contributed by atoms with E-state index in [1.54, 1.807) is 0 Å². The van der Waals surface area contributed by atoms with E-state index >= 15 is 0 Å². The van der Waals surface area contributed by atoms with Crippen LogP contribution in [-0.2, 0) is 4.74 Å². The van der Waals surface area contributed by atoms with E-state index in [2.05, 4.69) is 33.8 Å². The van der Waals surface area contributed by atoms with Gasteiger partial charge in [-0.15, -0.1) is 0 Å². The average molecular weight is 322 g/mol. The first-order chi connectivity index (χ1) is 10.6. The first-order valence-electron chi connectivity index (χ1n) is 9.36. The minimum atomic E-state index is -0.674. The Morgan fingerprint density at radius 1 is 1.26 bits per heavy atom. The van der Waals surface area contributed by atoms with Gasteiger partial charge in [-0.25, -0.2) is 0 Å². The summed E-state index contributed by atoms with van der Waals surface area (Å²) in [6.07, 6.45) is 7.61. The van der Waals surface area contributed by atoms with Gasteiger partial charge in [0.05, 0.1) is 17.8 Å². The predicted octanol–water partition coefficient (Wildman–Crippen LogP) is 3.83. The van der Waals surface area contributed by atoms with Gasteiger partial charge in [-0.1, -0.05) is 32.4 Å². The summed E-state index contributed by atoms with van der Waals surface area (Å²) in [5.74, 6) is 0.328. The van der Waals surface area contributed by atoms with E-state index < -0.39 is 17.3 Å². The summed E-state index contributed by atoms with van der Waals surface area (Å²) in [5.41, 5.74) is 0.393. The van der Waals surface area contributed by atoms with Crippen LogP contribution in [-0.4, -0.2) is 33.6 Å². The molecule has 23 heavy (non-hydrogen) atoms. The van der Waals surface area contributed by atoms with Gasteiger partial charge in [0.25, 0.3) is 0 Å². The van der Waals surface area contributed by atoms with Gasteiger partial charge in [0.1, 0.15) is 5.60 Å². The highest BCUT2D eigenvalue weighted by molar-refractivity contribution is 5.14. The van der Waals surface area contributed by atoms with Crippen LogP contribution in [0.2, 0.25) is 0 Å². The molecule has 0 bridgehead atoms. The summed E-state index contributed by atoms with van der Waals surface area (Å²) in [7, 11) is 0. The molecule has 0 spiro atoms. The van der Waals surface area contributed by atoms with Crippen LogP contribution in [0.3, 0.4) is 0 Å². The predicted molar refractivity (Wildman–Crippen MR) is 92.1 cm³/mol. The quantitative estimate of drug-likeness (QED) is 0.570. The maximum Gasteiger partial charge on any atom is 0.118 e. The SMILES string of the molecule is C/C1=C\C[C@@]2(C)CC[C@@](O)(C(C)C)[C@@H]2C[C@@H](O)[C@]2(C)O[C@H]2CC1. The van der Waals surface area contributed by atoms with Crippen molar-refractivity contribution in [3.8, 4) is 0 Å². The molecule has 1 saturated heterocycles. The number of ether oxygens (including phenoxy) is 1. The Balaban J connectivity index is 1.95. The minimum Gasteiger partial charge on any atom is -0.390 e. The van der Waals surface area contributed by atoms with Crippen LogP contribution in [0.4, 0.5) is 0 Å². The maximum absolute atomic E-state index is 11.4. The Bertz CT molecular complexity index is 499. The lowest BCUT2D eigenvalue weighted by atomic mass is 9.67. The number of aliphatic hydroxyl groups excluding tert-OH is 1. The molecule has 3 rings (SSSR count). The van der Waals surface area contributed by atoms with Crippen molar-refractivity contribution >= 4 is 0 Å². The molecule has 3 heteroatoms. The lowest BCUT2D eigenvalue weighted by molar-refractivity contribution is -0.0839. The van der Waals surface area contributed by atoms with E-state index in [0.29, 0.717) is 6.42 Å². The molecule has 2 aliphatic carbocycles. The molecule has 0 aromatic carbocycles. The molecule has 2 N–H and O–H groups in total. The van der Waals surface area contributed by atoms with Crippen LogP contribution in [0.1, 0.15) is 73.1 Å². The molecular formula is C20H34O3. The fourth-order valence-electron chi connectivity index (χ4n) is 5.10. The largest absolute Gasteiger partial charge is 0.390 e. The number of hydrogen-bond acceptors (Lipinski definition) is 3. The molecule has 0 unspecified atom stereocenters. The molecule has 1 heterocycles. The molecule has 0 aromatic heterocycles. The third-order valence-corrected chi connectivity index (χ3v) is 7.36. The molecule has 2 fully saturated rings. The number of epoxide rings is 1. The molecule has 0 radical (unpaired) electrons. The van der Waals surface area contributed by atoms with E-state index in [9.17, 15) is 10.2 Å². The Labute approximate surface area is 141 Å². The van der Waals surface area contributed by atoms with Gasteiger partial charge in [-0.3, -0.25) is 0 Å². The van der Waals surface area contributed by atoms with Gasteiger partial charge < -0.3 is 14.9 Å². The van der Waals surface area contributed by atoms with Crippen molar-refractivity contribution in [1.29, 1.82) is 0 Å². The fraction of sp³-hybridized carbons (Fsp3) is 0.900. The second kappa shape index (κ2) is 5.57. The summed E-state index contributed by atoms with van der Waals surface area (Å²) in [4.78, 5) is 0. The van der Waals surface area contributed by atoms with E-state index in [1.165, 1.54) is 5.57 Å². The van der Waals surface area contributed by atoms with E-state index in [4.69, 9.17) is 4.74 Å². The molecule has 3 nitrogen and oxygen atoms in total. The van der Waals surface area contributed by atoms with E-state index in [-0.39, 0.29) is 23.4 Å². The van der Waals surface area contributed by atoms with Gasteiger partial charge in [0.2, 0.25) is 0 Å². The van der Waals surface area contributed by atoms with Crippen LogP contribution in [0.15, 0.2) is 11.6 Å². The van der Waals surface area contributed by atoms with Crippen LogP contribution < -0.4 is 0 Å². The zero-order valence-electron chi connectivity index (χ0n) is 15.4. The number of aliphatic hydroxyl groups is 2. The van der Waals surface area contributed by atoms with Crippen LogP contribution >= 0.6 is 0 Å². The first-order valence-corrected chi connectivity index (χ1v) is 9.36.